The van der Waals surface area contributed by atoms with Crippen molar-refractivity contribution in [2.24, 2.45) is 0 Å². The lowest BCUT2D eigenvalue weighted by Gasteiger charge is -2.28. The Kier molecular flexibility index (Phi) is 5.86. The summed E-state index contributed by atoms with van der Waals surface area (Å²) in [5.74, 6) is -0.322. The number of carbonyl (C=O) groups is 2. The number of ketones is 1. The van der Waals surface area contributed by atoms with Crippen LogP contribution in [0.15, 0.2) is 41.3 Å². The number of nitrogens with one attached hydrogen (secondary N) is 1. The van der Waals surface area contributed by atoms with E-state index >= 15 is 0 Å². The zero-order valence-corrected chi connectivity index (χ0v) is 18.4. The number of thiophene rings is 1. The minimum Gasteiger partial charge on any atom is -0.507 e. The van der Waals surface area contributed by atoms with Crippen LogP contribution >= 0.6 is 11.3 Å². The molecule has 3 aliphatic rings. The molecule has 1 atom stereocenters. The topological polar surface area (TPSA) is 89.7 Å². The van der Waals surface area contributed by atoms with Crippen molar-refractivity contribution in [3.8, 4) is 11.5 Å². The third kappa shape index (κ3) is 3.87. The molecule has 1 aromatic carbocycles. The van der Waals surface area contributed by atoms with Crippen LogP contribution in [0.2, 0.25) is 0 Å². The Bertz CT molecular complexity index is 1040. The lowest BCUT2D eigenvalue weighted by atomic mass is 9.99. The lowest BCUT2D eigenvalue weighted by Crippen LogP contribution is -3.14. The average molecular weight is 458 g/mol. The number of carbonyl (C=O) groups excluding carboxylic acids is 2. The van der Waals surface area contributed by atoms with Gasteiger partial charge in [-0.05, 0) is 29.6 Å². The van der Waals surface area contributed by atoms with Gasteiger partial charge in [-0.2, -0.15) is 0 Å². The Morgan fingerprint density at radius 2 is 1.88 bits per heavy atom. The van der Waals surface area contributed by atoms with Crippen LogP contribution in [0.25, 0.3) is 5.76 Å². The Hall–Kier alpha value is -2.88. The summed E-state index contributed by atoms with van der Waals surface area (Å²) < 4.78 is 16.6. The molecule has 8 nitrogen and oxygen atoms in total. The molecular weight excluding hydrogens is 432 g/mol. The van der Waals surface area contributed by atoms with E-state index in [-0.39, 0.29) is 11.3 Å². The molecular formula is C23H25N2O6S+. The van der Waals surface area contributed by atoms with Gasteiger partial charge in [-0.15, -0.1) is 11.3 Å². The number of aliphatic hydroxyl groups excluding tert-OH is 1. The normalized spacial score (nSPS) is 23.0. The number of fused-ring (bicyclic) bond motifs is 1. The van der Waals surface area contributed by atoms with Crippen molar-refractivity contribution in [1.29, 1.82) is 0 Å². The summed E-state index contributed by atoms with van der Waals surface area (Å²) in [5, 5.41) is 13.1. The van der Waals surface area contributed by atoms with Crippen molar-refractivity contribution in [1.82, 2.24) is 4.90 Å². The second-order valence-corrected chi connectivity index (χ2v) is 8.96. The van der Waals surface area contributed by atoms with Crippen molar-refractivity contribution in [2.75, 3.05) is 52.6 Å². The van der Waals surface area contributed by atoms with E-state index in [2.05, 4.69) is 0 Å². The first kappa shape index (κ1) is 21.0. The average Bonchev–Trinajstić information content (AvgIpc) is 3.45. The van der Waals surface area contributed by atoms with Crippen molar-refractivity contribution in [3.05, 3.63) is 51.7 Å². The molecule has 2 saturated heterocycles. The number of quaternary nitrogens is 1. The maximum Gasteiger partial charge on any atom is 0.295 e. The van der Waals surface area contributed by atoms with Gasteiger partial charge in [-0.1, -0.05) is 6.07 Å². The first-order chi connectivity index (χ1) is 15.6. The van der Waals surface area contributed by atoms with Crippen molar-refractivity contribution in [3.63, 3.8) is 0 Å². The molecule has 0 saturated carbocycles. The molecule has 2 aromatic rings. The lowest BCUT2D eigenvalue weighted by molar-refractivity contribution is -0.907. The number of Topliss-reactive ketones (excluding diaryl/α,β-unsaturated/α-hetero) is 1. The molecule has 0 unspecified atom stereocenters. The molecule has 2 N–H and O–H groups in total. The van der Waals surface area contributed by atoms with E-state index < -0.39 is 17.7 Å². The van der Waals surface area contributed by atoms with Crippen LogP contribution in [0.3, 0.4) is 0 Å². The van der Waals surface area contributed by atoms with Crippen LogP contribution in [0.4, 0.5) is 0 Å². The highest BCUT2D eigenvalue weighted by atomic mass is 32.1. The predicted molar refractivity (Wildman–Crippen MR) is 117 cm³/mol. The zero-order valence-electron chi connectivity index (χ0n) is 17.5. The molecule has 1 aromatic heterocycles. The van der Waals surface area contributed by atoms with Gasteiger partial charge in [0, 0.05) is 10.4 Å². The summed E-state index contributed by atoms with van der Waals surface area (Å²) in [5.41, 5.74) is 0.540. The van der Waals surface area contributed by atoms with Crippen molar-refractivity contribution >= 4 is 28.8 Å². The number of rotatable bonds is 5. The van der Waals surface area contributed by atoms with Gasteiger partial charge >= 0.3 is 0 Å². The predicted octanol–water partition coefficient (Wildman–Crippen LogP) is 0.856. The molecule has 32 heavy (non-hydrogen) atoms. The Labute approximate surface area is 189 Å². The number of benzene rings is 1. The van der Waals surface area contributed by atoms with E-state index in [0.29, 0.717) is 50.0 Å². The fourth-order valence-corrected chi connectivity index (χ4v) is 5.23. The van der Waals surface area contributed by atoms with E-state index in [0.717, 1.165) is 24.5 Å². The zero-order chi connectivity index (χ0) is 22.1. The molecule has 168 valence electrons. The third-order valence-electron chi connectivity index (χ3n) is 6.07. The maximum atomic E-state index is 13.1. The first-order valence-corrected chi connectivity index (χ1v) is 11.6. The molecule has 1 amide bonds. The van der Waals surface area contributed by atoms with E-state index in [1.54, 1.807) is 23.1 Å². The number of nitrogens with zero attached hydrogens (tertiary/aromatic N) is 1. The van der Waals surface area contributed by atoms with Crippen LogP contribution in [-0.2, 0) is 14.3 Å². The molecule has 4 heterocycles. The van der Waals surface area contributed by atoms with Gasteiger partial charge in [0.2, 0.25) is 0 Å². The second kappa shape index (κ2) is 8.93. The van der Waals surface area contributed by atoms with Crippen LogP contribution in [0, 0.1) is 0 Å². The molecule has 0 radical (unpaired) electrons. The number of ether oxygens (including phenoxy) is 3. The summed E-state index contributed by atoms with van der Waals surface area (Å²) in [4.78, 5) is 29.9. The first-order valence-electron chi connectivity index (χ1n) is 10.8. The number of likely N-dealkylation sites (tertiary alicyclic amines) is 1. The summed E-state index contributed by atoms with van der Waals surface area (Å²) in [6.07, 6.45) is 0. The molecule has 9 heteroatoms. The van der Waals surface area contributed by atoms with Gasteiger partial charge in [0.05, 0.1) is 37.9 Å². The van der Waals surface area contributed by atoms with Gasteiger partial charge in [-0.3, -0.25) is 9.59 Å². The fourth-order valence-electron chi connectivity index (χ4n) is 4.39. The molecule has 0 bridgehead atoms. The van der Waals surface area contributed by atoms with E-state index in [1.807, 2.05) is 17.5 Å². The van der Waals surface area contributed by atoms with Gasteiger partial charge in [-0.25, -0.2) is 0 Å². The highest BCUT2D eigenvalue weighted by Gasteiger charge is 2.46. The van der Waals surface area contributed by atoms with Crippen LogP contribution < -0.4 is 14.4 Å². The molecule has 0 spiro atoms. The molecule has 5 rings (SSSR count). The summed E-state index contributed by atoms with van der Waals surface area (Å²) in [7, 11) is 0. The van der Waals surface area contributed by atoms with E-state index in [4.69, 9.17) is 14.2 Å². The second-order valence-electron chi connectivity index (χ2n) is 7.98. The minimum atomic E-state index is -0.659. The van der Waals surface area contributed by atoms with E-state index in [9.17, 15) is 14.7 Å². The number of hydrogen-bond acceptors (Lipinski definition) is 7. The maximum absolute atomic E-state index is 13.1. The molecule has 3 aliphatic heterocycles. The van der Waals surface area contributed by atoms with Crippen LogP contribution in [0.1, 0.15) is 16.5 Å². The van der Waals surface area contributed by atoms with Crippen molar-refractivity contribution < 1.29 is 33.8 Å². The van der Waals surface area contributed by atoms with Gasteiger partial charge < -0.3 is 29.1 Å². The third-order valence-corrected chi connectivity index (χ3v) is 7.00. The van der Waals surface area contributed by atoms with E-state index in [1.165, 1.54) is 16.2 Å². The smallest absolute Gasteiger partial charge is 0.295 e. The van der Waals surface area contributed by atoms with Crippen molar-refractivity contribution in [2.45, 2.75) is 6.04 Å². The quantitative estimate of drug-likeness (QED) is 0.393. The number of hydrogen-bond donors (Lipinski definition) is 2. The minimum absolute atomic E-state index is 0.117. The SMILES string of the molecule is O=C1C(=O)N(CC[NH+]2CCOCC2)[C@H](c2cccs2)C1=C(O)c1ccc2c(c1)OCCO2. The number of amides is 1. The standard InChI is InChI=1S/C23H24N2O6S/c26-21(15-3-4-16-17(14-15)31-12-11-30-16)19-20(18-2-1-13-32-18)25(23(28)22(19)27)6-5-24-7-9-29-10-8-24/h1-4,13-14,20,26H,5-12H2/p+1/t20-/m1/s1. The molecule has 0 aliphatic carbocycles. The Balaban J connectivity index is 1.50. The van der Waals surface area contributed by atoms with Gasteiger partial charge in [0.15, 0.2) is 11.5 Å². The Morgan fingerprint density at radius 1 is 1.09 bits per heavy atom. The molecule has 2 fully saturated rings. The monoisotopic (exact) mass is 457 g/mol. The van der Waals surface area contributed by atoms with Crippen LogP contribution in [0.5, 0.6) is 11.5 Å². The Morgan fingerprint density at radius 3 is 2.62 bits per heavy atom. The highest BCUT2D eigenvalue weighted by Crippen LogP contribution is 2.42. The highest BCUT2D eigenvalue weighted by molar-refractivity contribution is 7.10. The van der Waals surface area contributed by atoms with Gasteiger partial charge in [0.25, 0.3) is 11.7 Å². The van der Waals surface area contributed by atoms with Gasteiger partial charge in [0.1, 0.15) is 32.1 Å². The summed E-state index contributed by atoms with van der Waals surface area (Å²) >= 11 is 1.47. The largest absolute Gasteiger partial charge is 0.507 e. The summed E-state index contributed by atoms with van der Waals surface area (Å²) in [6.45, 7) is 5.20. The summed E-state index contributed by atoms with van der Waals surface area (Å²) in [6, 6.07) is 8.22. The number of aliphatic hydroxyl groups is 1. The van der Waals surface area contributed by atoms with Crippen LogP contribution in [-0.4, -0.2) is 74.3 Å². The fraction of sp³-hybridized carbons (Fsp3) is 0.391. The number of morpholine rings is 1.